The van der Waals surface area contributed by atoms with E-state index in [1.54, 1.807) is 36.4 Å². The number of anilines is 2. The molecule has 1 amide bonds. The van der Waals surface area contributed by atoms with Crippen molar-refractivity contribution in [1.29, 1.82) is 0 Å². The van der Waals surface area contributed by atoms with Crippen LogP contribution in [0.25, 0.3) is 0 Å². The normalized spacial score (nSPS) is 21.7. The van der Waals surface area contributed by atoms with Crippen molar-refractivity contribution in [3.8, 4) is 0 Å². The van der Waals surface area contributed by atoms with Crippen molar-refractivity contribution in [2.24, 2.45) is 0 Å². The van der Waals surface area contributed by atoms with Gasteiger partial charge in [-0.3, -0.25) is 9.69 Å². The van der Waals surface area contributed by atoms with E-state index >= 15 is 0 Å². The van der Waals surface area contributed by atoms with E-state index in [0.717, 1.165) is 12.1 Å². The van der Waals surface area contributed by atoms with E-state index in [1.807, 2.05) is 12.1 Å². The number of β-lactam (4-membered cyclic amide) rings is 1. The Morgan fingerprint density at radius 1 is 0.860 bits per heavy atom. The summed E-state index contributed by atoms with van der Waals surface area (Å²) in [5, 5.41) is 35.0. The van der Waals surface area contributed by atoms with Crippen LogP contribution in [-0.2, 0) is 20.8 Å². The van der Waals surface area contributed by atoms with Gasteiger partial charge in [0.25, 0.3) is 0 Å². The van der Waals surface area contributed by atoms with Gasteiger partial charge in [-0.05, 0) is 48.2 Å². The lowest BCUT2D eigenvalue weighted by Gasteiger charge is -2.50. The Labute approximate surface area is 261 Å². The molecule has 0 spiro atoms. The molecule has 2 aromatic carbocycles. The number of nitrogen functional groups attached to an aromatic ring is 2. The molecule has 43 heavy (non-hydrogen) atoms. The molecule has 11 heteroatoms. The first-order valence-corrected chi connectivity index (χ1v) is 23.1. The maximum Gasteiger partial charge on any atom is 0.353 e. The van der Waals surface area contributed by atoms with E-state index in [9.17, 15) is 24.9 Å². The molecule has 2 aromatic rings. The number of carboxylic acid groups (broad SMARTS) is 1. The van der Waals surface area contributed by atoms with Crippen LogP contribution in [0.4, 0.5) is 11.4 Å². The quantitative estimate of drug-likeness (QED) is 0.0995. The van der Waals surface area contributed by atoms with Crippen molar-refractivity contribution in [1.82, 2.24) is 4.90 Å². The van der Waals surface area contributed by atoms with Crippen LogP contribution in [0, 0.1) is 0 Å². The second kappa shape index (κ2) is 11.7. The average molecular weight is 642 g/mol. The summed E-state index contributed by atoms with van der Waals surface area (Å²) in [6.07, 6.45) is 1.27. The number of nitrogens with zero attached hydrogens (tertiary/aromatic N) is 1. The van der Waals surface area contributed by atoms with E-state index < -0.39 is 38.2 Å². The summed E-state index contributed by atoms with van der Waals surface area (Å²) in [5.41, 5.74) is 11.7. The fourth-order valence-electron chi connectivity index (χ4n) is 6.00. The van der Waals surface area contributed by atoms with Crippen LogP contribution in [0.3, 0.4) is 0 Å². The highest BCUT2D eigenvalue weighted by Gasteiger charge is 2.63. The second-order valence-electron chi connectivity index (χ2n) is 14.8. The standard InChI is InChI=1S/C32H47N3O5SSi2/c1-42(2,3)17-15-30(39,22-7-11-24(33)12-8-22)19-26-28(29(37)38)35-27(36)20-32(35,41-26)21-31(40,16-18-43(4,5)6)23-9-13-25(34)14-10-23/h7-14,39-40H,15-21,33-34H2,1-6H3,(H,37,38)/t30-,31-,32?/m0/s1. The van der Waals surface area contributed by atoms with E-state index in [2.05, 4.69) is 39.3 Å². The number of hydrogen-bond donors (Lipinski definition) is 5. The lowest BCUT2D eigenvalue weighted by atomic mass is 9.80. The van der Waals surface area contributed by atoms with Crippen LogP contribution in [0.15, 0.2) is 59.1 Å². The Hall–Kier alpha value is -2.58. The van der Waals surface area contributed by atoms with Gasteiger partial charge in [0.1, 0.15) is 10.6 Å². The molecular formula is C32H47N3O5SSi2. The first-order valence-electron chi connectivity index (χ1n) is 14.9. The molecule has 4 rings (SSSR count). The van der Waals surface area contributed by atoms with Gasteiger partial charge < -0.3 is 26.8 Å². The number of carbonyl (C=O) groups excluding carboxylic acids is 1. The number of aliphatic carboxylic acids is 1. The molecule has 0 saturated carbocycles. The van der Waals surface area contributed by atoms with Gasteiger partial charge in [0.2, 0.25) is 5.91 Å². The summed E-state index contributed by atoms with van der Waals surface area (Å²) in [6, 6.07) is 15.9. The Morgan fingerprint density at radius 3 is 1.72 bits per heavy atom. The van der Waals surface area contributed by atoms with Gasteiger partial charge in [0.05, 0.1) is 17.6 Å². The summed E-state index contributed by atoms with van der Waals surface area (Å²) in [5.74, 6) is -1.50. The lowest BCUT2D eigenvalue weighted by Crippen LogP contribution is -2.61. The predicted octanol–water partition coefficient (Wildman–Crippen LogP) is 6.13. The topological polar surface area (TPSA) is 150 Å². The third-order valence-electron chi connectivity index (χ3n) is 8.58. The van der Waals surface area contributed by atoms with Crippen molar-refractivity contribution >= 4 is 51.2 Å². The molecule has 1 unspecified atom stereocenters. The first-order chi connectivity index (χ1) is 19.8. The fourth-order valence-corrected chi connectivity index (χ4v) is 10.2. The Bertz CT molecular complexity index is 1400. The molecule has 3 atom stereocenters. The van der Waals surface area contributed by atoms with Crippen LogP contribution in [0.1, 0.15) is 43.2 Å². The third kappa shape index (κ3) is 7.39. The van der Waals surface area contributed by atoms with E-state index in [4.69, 9.17) is 11.5 Å². The van der Waals surface area contributed by atoms with Crippen LogP contribution in [-0.4, -0.2) is 53.1 Å². The summed E-state index contributed by atoms with van der Waals surface area (Å²) in [4.78, 5) is 26.8. The van der Waals surface area contributed by atoms with Gasteiger partial charge in [-0.2, -0.15) is 0 Å². The predicted molar refractivity (Wildman–Crippen MR) is 181 cm³/mol. The molecule has 0 aromatic heterocycles. The fraction of sp³-hybridized carbons (Fsp3) is 0.500. The SMILES string of the molecule is C[Si](C)(C)CC[C@](O)(CC1=C(C(=O)O)N2C(=O)CC2(C[C@@](O)(CC[Si](C)(C)C)c2ccc(N)cc2)S1)c1ccc(N)cc1. The Kier molecular flexibility index (Phi) is 9.09. The van der Waals surface area contributed by atoms with Crippen molar-refractivity contribution in [3.63, 3.8) is 0 Å². The van der Waals surface area contributed by atoms with Crippen LogP contribution >= 0.6 is 11.8 Å². The van der Waals surface area contributed by atoms with Crippen LogP contribution < -0.4 is 11.5 Å². The number of fused-ring (bicyclic) bond motifs is 1. The minimum Gasteiger partial charge on any atom is -0.477 e. The van der Waals surface area contributed by atoms with Gasteiger partial charge in [0, 0.05) is 45.3 Å². The number of benzene rings is 2. The number of amides is 1. The molecule has 0 bridgehead atoms. The molecule has 7 N–H and O–H groups in total. The number of rotatable bonds is 13. The van der Waals surface area contributed by atoms with E-state index in [0.29, 0.717) is 40.2 Å². The minimum absolute atomic E-state index is 0.0500. The monoisotopic (exact) mass is 641 g/mol. The Morgan fingerprint density at radius 2 is 1.30 bits per heavy atom. The van der Waals surface area contributed by atoms with Gasteiger partial charge >= 0.3 is 5.97 Å². The molecule has 8 nitrogen and oxygen atoms in total. The van der Waals surface area contributed by atoms with Gasteiger partial charge in [-0.15, -0.1) is 0 Å². The second-order valence-corrected chi connectivity index (χ2v) is 27.5. The van der Waals surface area contributed by atoms with E-state index in [1.165, 1.54) is 16.7 Å². The first kappa shape index (κ1) is 33.3. The van der Waals surface area contributed by atoms with Gasteiger partial charge in [0.15, 0.2) is 0 Å². The smallest absolute Gasteiger partial charge is 0.353 e. The van der Waals surface area contributed by atoms with Gasteiger partial charge in [-0.25, -0.2) is 4.79 Å². The molecule has 2 aliphatic heterocycles. The number of carboxylic acids is 1. The molecule has 2 heterocycles. The number of thioether (sulfide) groups is 1. The van der Waals surface area contributed by atoms with Crippen LogP contribution in [0.5, 0.6) is 0 Å². The minimum atomic E-state index is -1.57. The van der Waals surface area contributed by atoms with E-state index in [-0.39, 0.29) is 30.9 Å². The Balaban J connectivity index is 1.74. The average Bonchev–Trinajstić information content (AvgIpc) is 3.13. The summed E-state index contributed by atoms with van der Waals surface area (Å²) in [6.45, 7) is 13.5. The van der Waals surface area contributed by atoms with Crippen molar-refractivity contribution in [2.45, 2.75) is 99.5 Å². The highest BCUT2D eigenvalue weighted by Crippen LogP contribution is 2.61. The number of hydrogen-bond acceptors (Lipinski definition) is 7. The number of aliphatic hydroxyl groups is 2. The largest absolute Gasteiger partial charge is 0.477 e. The molecule has 2 aliphatic rings. The molecule has 1 fully saturated rings. The third-order valence-corrected chi connectivity index (χ3v) is 13.5. The zero-order valence-corrected chi connectivity index (χ0v) is 29.1. The van der Waals surface area contributed by atoms with Crippen molar-refractivity contribution in [3.05, 3.63) is 70.3 Å². The van der Waals surface area contributed by atoms with Crippen LogP contribution in [0.2, 0.25) is 51.4 Å². The highest BCUT2D eigenvalue weighted by atomic mass is 32.2. The maximum atomic E-state index is 13.1. The number of carbonyl (C=O) groups is 2. The lowest BCUT2D eigenvalue weighted by molar-refractivity contribution is -0.154. The van der Waals surface area contributed by atoms with Crippen molar-refractivity contribution in [2.75, 3.05) is 11.5 Å². The summed E-state index contributed by atoms with van der Waals surface area (Å²) >= 11 is 1.32. The highest BCUT2D eigenvalue weighted by molar-refractivity contribution is 8.04. The maximum absolute atomic E-state index is 13.1. The zero-order chi connectivity index (χ0) is 32.0. The summed E-state index contributed by atoms with van der Waals surface area (Å²) < 4.78 is 0. The molecule has 0 radical (unpaired) electrons. The zero-order valence-electron chi connectivity index (χ0n) is 26.2. The van der Waals surface area contributed by atoms with Crippen molar-refractivity contribution < 1.29 is 24.9 Å². The molecule has 1 saturated heterocycles. The molecule has 0 aliphatic carbocycles. The summed E-state index contributed by atoms with van der Waals surface area (Å²) in [7, 11) is -3.13. The number of nitrogens with two attached hydrogens (primary N) is 2. The molecule has 234 valence electrons. The molecular weight excluding hydrogens is 595 g/mol. The van der Waals surface area contributed by atoms with Gasteiger partial charge in [-0.1, -0.05) is 87.4 Å².